The number of carbonyl (C=O) groups is 4. The van der Waals surface area contributed by atoms with Gasteiger partial charge in [-0.25, -0.2) is 5.01 Å². The lowest BCUT2D eigenvalue weighted by atomic mass is 9.63. The molecule has 0 aromatic heterocycles. The zero-order valence-electron chi connectivity index (χ0n) is 18.8. The molecule has 178 valence electrons. The van der Waals surface area contributed by atoms with Crippen LogP contribution in [0.2, 0.25) is 10.0 Å². The number of amides is 3. The van der Waals surface area contributed by atoms with Crippen molar-refractivity contribution in [1.82, 2.24) is 10.0 Å². The van der Waals surface area contributed by atoms with E-state index in [1.807, 2.05) is 0 Å². The molecule has 1 saturated heterocycles. The van der Waals surface area contributed by atoms with Gasteiger partial charge in [-0.3, -0.25) is 19.2 Å². The van der Waals surface area contributed by atoms with Crippen LogP contribution in [0.4, 0.5) is 0 Å². The van der Waals surface area contributed by atoms with Gasteiger partial charge in [0.2, 0.25) is 0 Å². The van der Waals surface area contributed by atoms with Crippen LogP contribution in [-0.2, 0) is 9.59 Å². The van der Waals surface area contributed by atoms with Gasteiger partial charge in [-0.05, 0) is 55.2 Å². The number of rotatable bonds is 5. The molecule has 5 aliphatic rings. The van der Waals surface area contributed by atoms with Crippen molar-refractivity contribution in [3.63, 3.8) is 0 Å². The fraction of sp³-hybridized carbons (Fsp3) is 0.333. The van der Waals surface area contributed by atoms with Crippen molar-refractivity contribution in [3.05, 3.63) is 81.9 Å². The maximum Gasteiger partial charge on any atom is 0.273 e. The lowest BCUT2D eigenvalue weighted by Gasteiger charge is -2.37. The van der Waals surface area contributed by atoms with E-state index in [1.54, 1.807) is 30.3 Å². The fourth-order valence-electron chi connectivity index (χ4n) is 6.31. The third-order valence-electron chi connectivity index (χ3n) is 8.03. The second kappa shape index (κ2) is 8.04. The molecule has 7 rings (SSSR count). The summed E-state index contributed by atoms with van der Waals surface area (Å²) in [5.41, 5.74) is 0.512. The molecule has 2 aromatic rings. The van der Waals surface area contributed by atoms with Gasteiger partial charge in [0.25, 0.3) is 17.7 Å². The quantitative estimate of drug-likeness (QED) is 0.334. The zero-order chi connectivity index (χ0) is 24.6. The maximum absolute atomic E-state index is 13.8. The van der Waals surface area contributed by atoms with Crippen molar-refractivity contribution >= 4 is 46.7 Å². The van der Waals surface area contributed by atoms with Crippen LogP contribution in [0.25, 0.3) is 0 Å². The van der Waals surface area contributed by atoms with E-state index in [0.29, 0.717) is 17.4 Å². The first-order chi connectivity index (χ1) is 16.8. The molecule has 1 heterocycles. The highest BCUT2D eigenvalue weighted by molar-refractivity contribution is 6.42. The van der Waals surface area contributed by atoms with E-state index in [1.165, 1.54) is 25.1 Å². The highest BCUT2D eigenvalue weighted by Gasteiger charge is 2.68. The molecule has 3 amide bonds. The van der Waals surface area contributed by atoms with Gasteiger partial charge in [0.15, 0.2) is 5.78 Å². The number of hydrogen-bond donors (Lipinski definition) is 0. The Labute approximate surface area is 212 Å². The first kappa shape index (κ1) is 22.5. The first-order valence-electron chi connectivity index (χ1n) is 11.7. The standard InChI is InChI=1S/C27H22Cl2N2O4/c1-13(24(32)14-5-3-2-4-6-14)30(25(33)15-7-10-20(28)21(29)11-15)31-26(34)22-16-8-9-17(19-12-18(16)19)23(22)27(31)35/h2-11,13,16-19,22-23H,12H2,1H3/t13-,16+,17+,18-,19+,22-,23+/m1/s1. The Morgan fingerprint density at radius 2 is 1.49 bits per heavy atom. The summed E-state index contributed by atoms with van der Waals surface area (Å²) in [6, 6.07) is 11.8. The Kier molecular flexibility index (Phi) is 5.17. The Morgan fingerprint density at radius 3 is 2.06 bits per heavy atom. The molecule has 2 saturated carbocycles. The number of carbonyl (C=O) groups excluding carboxylic acids is 4. The highest BCUT2D eigenvalue weighted by atomic mass is 35.5. The van der Waals surface area contributed by atoms with Crippen LogP contribution < -0.4 is 0 Å². The molecule has 35 heavy (non-hydrogen) atoms. The number of halogens is 2. The van der Waals surface area contributed by atoms with Gasteiger partial charge < -0.3 is 0 Å². The van der Waals surface area contributed by atoms with Crippen molar-refractivity contribution in [3.8, 4) is 0 Å². The van der Waals surface area contributed by atoms with E-state index in [2.05, 4.69) is 12.2 Å². The minimum Gasteiger partial charge on any atom is -0.292 e. The monoisotopic (exact) mass is 508 g/mol. The van der Waals surface area contributed by atoms with Gasteiger partial charge in [0.1, 0.15) is 6.04 Å². The summed E-state index contributed by atoms with van der Waals surface area (Å²) in [7, 11) is 0. The number of Topliss-reactive ketones (excluding diaryl/α,β-unsaturated/α-hetero) is 1. The Hall–Kier alpha value is -2.96. The molecule has 0 unspecified atom stereocenters. The SMILES string of the molecule is C[C@H](C(=O)c1ccccc1)N(C(=O)c1ccc(Cl)c(Cl)c1)N1C(=O)[C@@H]2[C@H]3C=C[C@@H]([C@@H]4C[C@H]34)[C@@H]2C1=O. The molecule has 0 radical (unpaired) electrons. The zero-order valence-corrected chi connectivity index (χ0v) is 20.3. The topological polar surface area (TPSA) is 74.8 Å². The highest BCUT2D eigenvalue weighted by Crippen LogP contribution is 2.65. The lowest BCUT2D eigenvalue weighted by Crippen LogP contribution is -2.56. The van der Waals surface area contributed by atoms with E-state index in [4.69, 9.17) is 23.2 Å². The summed E-state index contributed by atoms with van der Waals surface area (Å²) in [4.78, 5) is 54.8. The molecule has 3 fully saturated rings. The summed E-state index contributed by atoms with van der Waals surface area (Å²) in [5.74, 6) is -2.01. The summed E-state index contributed by atoms with van der Waals surface area (Å²) >= 11 is 12.2. The minimum absolute atomic E-state index is 0.00138. The van der Waals surface area contributed by atoms with E-state index in [9.17, 15) is 19.2 Å². The van der Waals surface area contributed by atoms with Gasteiger partial charge in [-0.1, -0.05) is 65.7 Å². The van der Waals surface area contributed by atoms with Crippen molar-refractivity contribution in [2.75, 3.05) is 0 Å². The second-order valence-corrected chi connectivity index (χ2v) is 10.6. The molecule has 0 spiro atoms. The first-order valence-corrected chi connectivity index (χ1v) is 12.5. The Balaban J connectivity index is 1.41. The van der Waals surface area contributed by atoms with Crippen LogP contribution in [0, 0.1) is 35.5 Å². The van der Waals surface area contributed by atoms with Crippen molar-refractivity contribution in [1.29, 1.82) is 0 Å². The number of hydrogen-bond acceptors (Lipinski definition) is 4. The summed E-state index contributed by atoms with van der Waals surface area (Å²) in [6.45, 7) is 1.54. The van der Waals surface area contributed by atoms with E-state index in [0.717, 1.165) is 16.4 Å². The summed E-state index contributed by atoms with van der Waals surface area (Å²) in [5, 5.41) is 2.41. The molecular formula is C27H22Cl2N2O4. The molecule has 4 aliphatic carbocycles. The van der Waals surface area contributed by atoms with Crippen molar-refractivity contribution < 1.29 is 19.2 Å². The second-order valence-electron chi connectivity index (χ2n) is 9.83. The number of imide groups is 1. The molecule has 2 aromatic carbocycles. The predicted octanol–water partition coefficient (Wildman–Crippen LogP) is 4.68. The molecular weight excluding hydrogens is 487 g/mol. The van der Waals surface area contributed by atoms with Crippen molar-refractivity contribution in [2.24, 2.45) is 35.5 Å². The van der Waals surface area contributed by atoms with Gasteiger partial charge in [0.05, 0.1) is 21.9 Å². The normalized spacial score (nSPS) is 30.7. The third kappa shape index (κ3) is 3.30. The average molecular weight is 509 g/mol. The minimum atomic E-state index is -1.10. The van der Waals surface area contributed by atoms with Gasteiger partial charge >= 0.3 is 0 Å². The number of hydrazine groups is 1. The lowest BCUT2D eigenvalue weighted by molar-refractivity contribution is -0.156. The van der Waals surface area contributed by atoms with E-state index in [-0.39, 0.29) is 33.2 Å². The predicted molar refractivity (Wildman–Crippen MR) is 129 cm³/mol. The van der Waals surface area contributed by atoms with Gasteiger partial charge in [-0.2, -0.15) is 5.01 Å². The van der Waals surface area contributed by atoms with Crippen LogP contribution in [0.3, 0.4) is 0 Å². The van der Waals surface area contributed by atoms with Crippen LogP contribution in [0.15, 0.2) is 60.7 Å². The van der Waals surface area contributed by atoms with E-state index < -0.39 is 35.6 Å². The van der Waals surface area contributed by atoms with Crippen LogP contribution in [0.1, 0.15) is 34.1 Å². The Bertz CT molecular complexity index is 1270. The molecule has 6 nitrogen and oxygen atoms in total. The molecule has 1 aliphatic heterocycles. The number of ketones is 1. The fourth-order valence-corrected chi connectivity index (χ4v) is 6.61. The van der Waals surface area contributed by atoms with Crippen molar-refractivity contribution in [2.45, 2.75) is 19.4 Å². The number of nitrogens with zero attached hydrogens (tertiary/aromatic N) is 2. The summed E-state index contributed by atoms with van der Waals surface area (Å²) < 4.78 is 0. The molecule has 0 N–H and O–H groups in total. The molecule has 7 atom stereocenters. The Morgan fingerprint density at radius 1 is 0.886 bits per heavy atom. The number of benzene rings is 2. The van der Waals surface area contributed by atoms with Crippen LogP contribution in [0.5, 0.6) is 0 Å². The van der Waals surface area contributed by atoms with Gasteiger partial charge in [-0.15, -0.1) is 0 Å². The maximum atomic E-state index is 13.8. The van der Waals surface area contributed by atoms with Crippen LogP contribution in [-0.4, -0.2) is 39.6 Å². The third-order valence-corrected chi connectivity index (χ3v) is 8.77. The van der Waals surface area contributed by atoms with Gasteiger partial charge in [0, 0.05) is 11.1 Å². The smallest absolute Gasteiger partial charge is 0.273 e. The average Bonchev–Trinajstić information content (AvgIpc) is 3.65. The summed E-state index contributed by atoms with van der Waals surface area (Å²) in [6.07, 6.45) is 5.17. The van der Waals surface area contributed by atoms with E-state index >= 15 is 0 Å². The molecule has 8 heteroatoms. The number of allylic oxidation sites excluding steroid dienone is 2. The van der Waals surface area contributed by atoms with Crippen LogP contribution >= 0.6 is 23.2 Å². The largest absolute Gasteiger partial charge is 0.292 e. The molecule has 2 bridgehead atoms.